The highest BCUT2D eigenvalue weighted by Crippen LogP contribution is 2.28. The van der Waals surface area contributed by atoms with Gasteiger partial charge in [0.05, 0.1) is 12.8 Å². The zero-order valence-corrected chi connectivity index (χ0v) is 19.3. The lowest BCUT2D eigenvalue weighted by atomic mass is 10.0. The van der Waals surface area contributed by atoms with E-state index in [-0.39, 0.29) is 5.91 Å². The van der Waals surface area contributed by atoms with Crippen molar-refractivity contribution in [1.29, 1.82) is 0 Å². The fourth-order valence-corrected chi connectivity index (χ4v) is 3.78. The van der Waals surface area contributed by atoms with Gasteiger partial charge in [0, 0.05) is 32.6 Å². The number of para-hydroxylation sites is 2. The fraction of sp³-hybridized carbons (Fsp3) is 0.440. The zero-order chi connectivity index (χ0) is 23.1. The smallest absolute Gasteiger partial charge is 0.408 e. The molecule has 2 aromatic carbocycles. The molecule has 32 heavy (non-hydrogen) atoms. The van der Waals surface area contributed by atoms with Crippen molar-refractivity contribution in [1.82, 2.24) is 10.2 Å². The molecule has 7 heteroatoms. The van der Waals surface area contributed by atoms with Gasteiger partial charge in [-0.25, -0.2) is 4.79 Å². The molecule has 3 rings (SSSR count). The van der Waals surface area contributed by atoms with E-state index in [9.17, 15) is 9.59 Å². The van der Waals surface area contributed by atoms with E-state index >= 15 is 0 Å². The monoisotopic (exact) mass is 439 g/mol. The van der Waals surface area contributed by atoms with Gasteiger partial charge >= 0.3 is 6.09 Å². The first-order valence-corrected chi connectivity index (χ1v) is 11.0. The number of nitrogens with zero attached hydrogens (tertiary/aromatic N) is 2. The van der Waals surface area contributed by atoms with Crippen LogP contribution in [0.1, 0.15) is 26.3 Å². The third kappa shape index (κ3) is 6.39. The third-order valence-corrected chi connectivity index (χ3v) is 5.29. The summed E-state index contributed by atoms with van der Waals surface area (Å²) in [5.41, 5.74) is 1.37. The molecule has 0 aliphatic carbocycles. The molecule has 0 saturated carbocycles. The Hall–Kier alpha value is -3.22. The molecule has 1 aliphatic heterocycles. The van der Waals surface area contributed by atoms with Gasteiger partial charge in [-0.15, -0.1) is 0 Å². The summed E-state index contributed by atoms with van der Waals surface area (Å²) >= 11 is 0. The van der Waals surface area contributed by atoms with E-state index in [1.165, 1.54) is 0 Å². The quantitative estimate of drug-likeness (QED) is 0.746. The van der Waals surface area contributed by atoms with Crippen molar-refractivity contribution in [2.24, 2.45) is 0 Å². The second-order valence-electron chi connectivity index (χ2n) is 8.87. The molecule has 0 spiro atoms. The number of hydrogen-bond acceptors (Lipinski definition) is 5. The minimum absolute atomic E-state index is 0.0978. The van der Waals surface area contributed by atoms with Gasteiger partial charge in [0.25, 0.3) is 0 Å². The van der Waals surface area contributed by atoms with Crippen molar-refractivity contribution >= 4 is 17.7 Å². The summed E-state index contributed by atoms with van der Waals surface area (Å²) in [6.07, 6.45) is -0.175. The van der Waals surface area contributed by atoms with E-state index in [0.29, 0.717) is 32.6 Å². The summed E-state index contributed by atoms with van der Waals surface area (Å²) in [7, 11) is 1.66. The number of anilines is 1. The maximum Gasteiger partial charge on any atom is 0.408 e. The highest BCUT2D eigenvalue weighted by atomic mass is 16.6. The van der Waals surface area contributed by atoms with Crippen molar-refractivity contribution in [2.45, 2.75) is 38.8 Å². The molecule has 1 aliphatic rings. The minimum Gasteiger partial charge on any atom is -0.495 e. The van der Waals surface area contributed by atoms with Gasteiger partial charge in [-0.3, -0.25) is 4.79 Å². The number of amides is 2. The van der Waals surface area contributed by atoms with Crippen molar-refractivity contribution < 1.29 is 19.1 Å². The summed E-state index contributed by atoms with van der Waals surface area (Å²) in [4.78, 5) is 29.8. The summed E-state index contributed by atoms with van der Waals surface area (Å²) in [6.45, 7) is 7.93. The summed E-state index contributed by atoms with van der Waals surface area (Å²) in [5.74, 6) is 0.722. The molecule has 2 aromatic rings. The van der Waals surface area contributed by atoms with Gasteiger partial charge < -0.3 is 24.6 Å². The van der Waals surface area contributed by atoms with Crippen molar-refractivity contribution in [2.75, 3.05) is 38.2 Å². The van der Waals surface area contributed by atoms with Gasteiger partial charge in [0.15, 0.2) is 0 Å². The van der Waals surface area contributed by atoms with E-state index in [2.05, 4.69) is 10.2 Å². The molecular weight excluding hydrogens is 406 g/mol. The predicted octanol–water partition coefficient (Wildman–Crippen LogP) is 3.48. The first-order valence-electron chi connectivity index (χ1n) is 11.0. The van der Waals surface area contributed by atoms with Crippen LogP contribution < -0.4 is 15.0 Å². The normalized spacial score (nSPS) is 15.1. The van der Waals surface area contributed by atoms with Crippen molar-refractivity contribution in [3.05, 3.63) is 60.2 Å². The Labute approximate surface area is 190 Å². The SMILES string of the molecule is COc1ccccc1N1CCN(C(=O)[C@@H](Cc2ccccc2)NC(=O)OC(C)(C)C)CC1. The Morgan fingerprint density at radius 2 is 1.59 bits per heavy atom. The van der Waals surface area contributed by atoms with Gasteiger partial charge in [-0.05, 0) is 38.5 Å². The number of nitrogens with one attached hydrogen (secondary N) is 1. The molecule has 0 aromatic heterocycles. The van der Waals surface area contributed by atoms with Crippen LogP contribution in [0.5, 0.6) is 5.75 Å². The second kappa shape index (κ2) is 10.4. The molecule has 1 saturated heterocycles. The summed E-state index contributed by atoms with van der Waals surface area (Å²) in [5, 5.41) is 2.79. The van der Waals surface area contributed by atoms with Crippen molar-refractivity contribution in [3.63, 3.8) is 0 Å². The molecule has 172 valence electrons. The van der Waals surface area contributed by atoms with E-state index in [0.717, 1.165) is 17.0 Å². The second-order valence-corrected chi connectivity index (χ2v) is 8.87. The molecule has 0 unspecified atom stereocenters. The molecular formula is C25H33N3O4. The van der Waals surface area contributed by atoms with Crippen LogP contribution in [0.4, 0.5) is 10.5 Å². The van der Waals surface area contributed by atoms with Crippen LogP contribution in [0.25, 0.3) is 0 Å². The standard InChI is InChI=1S/C25H33N3O4/c1-25(2,3)32-24(30)26-20(18-19-10-6-5-7-11-19)23(29)28-16-14-27(15-17-28)21-12-8-9-13-22(21)31-4/h5-13,20H,14-18H2,1-4H3,(H,26,30)/t20-/m1/s1. The topological polar surface area (TPSA) is 71.1 Å². The zero-order valence-electron chi connectivity index (χ0n) is 19.3. The predicted molar refractivity (Wildman–Crippen MR) is 125 cm³/mol. The Bertz CT molecular complexity index is 903. The summed E-state index contributed by atoms with van der Waals surface area (Å²) < 4.78 is 10.9. The average molecular weight is 440 g/mol. The van der Waals surface area contributed by atoms with E-state index in [1.807, 2.05) is 59.5 Å². The van der Waals surface area contributed by atoms with Gasteiger partial charge in [0.2, 0.25) is 5.91 Å². The average Bonchev–Trinajstić information content (AvgIpc) is 2.77. The maximum atomic E-state index is 13.4. The summed E-state index contributed by atoms with van der Waals surface area (Å²) in [6, 6.07) is 16.9. The van der Waals surface area contributed by atoms with Crippen LogP contribution in [-0.2, 0) is 16.0 Å². The fourth-order valence-electron chi connectivity index (χ4n) is 3.78. The number of alkyl carbamates (subject to hydrolysis) is 1. The number of methoxy groups -OCH3 is 1. The van der Waals surface area contributed by atoms with Crippen LogP contribution in [0.15, 0.2) is 54.6 Å². The van der Waals surface area contributed by atoms with Gasteiger partial charge in [-0.1, -0.05) is 42.5 Å². The number of rotatable bonds is 6. The number of hydrogen-bond donors (Lipinski definition) is 1. The largest absolute Gasteiger partial charge is 0.495 e. The number of benzene rings is 2. The number of ether oxygens (including phenoxy) is 2. The van der Waals surface area contributed by atoms with E-state index < -0.39 is 17.7 Å². The molecule has 2 amide bonds. The Kier molecular flexibility index (Phi) is 7.62. The molecule has 0 radical (unpaired) electrons. The number of carbonyl (C=O) groups excluding carboxylic acids is 2. The minimum atomic E-state index is -0.690. The molecule has 1 heterocycles. The van der Waals surface area contributed by atoms with Crippen LogP contribution in [0, 0.1) is 0 Å². The lowest BCUT2D eigenvalue weighted by molar-refractivity contribution is -0.133. The molecule has 1 atom stereocenters. The molecule has 1 fully saturated rings. The van der Waals surface area contributed by atoms with E-state index in [4.69, 9.17) is 9.47 Å². The lowest BCUT2D eigenvalue weighted by Crippen LogP contribution is -2.56. The van der Waals surface area contributed by atoms with Gasteiger partial charge in [0.1, 0.15) is 17.4 Å². The lowest BCUT2D eigenvalue weighted by Gasteiger charge is -2.38. The maximum absolute atomic E-state index is 13.4. The Morgan fingerprint density at radius 1 is 0.969 bits per heavy atom. The van der Waals surface area contributed by atoms with Gasteiger partial charge in [-0.2, -0.15) is 0 Å². The third-order valence-electron chi connectivity index (χ3n) is 5.29. The van der Waals surface area contributed by atoms with Crippen LogP contribution in [0.3, 0.4) is 0 Å². The Balaban J connectivity index is 1.68. The van der Waals surface area contributed by atoms with Crippen LogP contribution in [0.2, 0.25) is 0 Å². The molecule has 1 N–H and O–H groups in total. The van der Waals surface area contributed by atoms with Crippen molar-refractivity contribution in [3.8, 4) is 5.75 Å². The van der Waals surface area contributed by atoms with Crippen LogP contribution in [-0.4, -0.2) is 61.8 Å². The first-order chi connectivity index (χ1) is 15.3. The van der Waals surface area contributed by atoms with E-state index in [1.54, 1.807) is 27.9 Å². The van der Waals surface area contributed by atoms with Crippen LogP contribution >= 0.6 is 0 Å². The first kappa shape index (κ1) is 23.4. The molecule has 0 bridgehead atoms. The number of carbonyl (C=O) groups is 2. The highest BCUT2D eigenvalue weighted by Gasteiger charge is 2.30. The Morgan fingerprint density at radius 3 is 2.22 bits per heavy atom. The number of piperazine rings is 1. The molecule has 7 nitrogen and oxygen atoms in total. The highest BCUT2D eigenvalue weighted by molar-refractivity contribution is 5.86.